The van der Waals surface area contributed by atoms with Crippen molar-refractivity contribution in [3.05, 3.63) is 0 Å². The highest BCUT2D eigenvalue weighted by molar-refractivity contribution is 5.53. The molecule has 12 heavy (non-hydrogen) atoms. The van der Waals surface area contributed by atoms with Crippen LogP contribution in [-0.2, 0) is 14.3 Å². The molecular formula is C9H16O3. The minimum Gasteiger partial charge on any atom is -0.356 e. The molecule has 0 saturated heterocycles. The van der Waals surface area contributed by atoms with E-state index in [0.29, 0.717) is 5.92 Å². The van der Waals surface area contributed by atoms with Gasteiger partial charge in [-0.2, -0.15) is 0 Å². The van der Waals surface area contributed by atoms with Crippen LogP contribution >= 0.6 is 0 Å². The zero-order valence-corrected chi connectivity index (χ0v) is 7.66. The molecule has 1 saturated carbocycles. The van der Waals surface area contributed by atoms with E-state index in [-0.39, 0.29) is 12.2 Å². The predicted molar refractivity (Wildman–Crippen MR) is 44.7 cm³/mol. The van der Waals surface area contributed by atoms with E-state index in [1.165, 1.54) is 0 Å². The third-order valence-electron chi connectivity index (χ3n) is 2.56. The third kappa shape index (κ3) is 2.05. The van der Waals surface area contributed by atoms with Gasteiger partial charge in [-0.25, -0.2) is 0 Å². The van der Waals surface area contributed by atoms with E-state index in [1.54, 1.807) is 14.2 Å². The average molecular weight is 172 g/mol. The number of aldehydes is 1. The second kappa shape index (κ2) is 4.58. The van der Waals surface area contributed by atoms with E-state index in [0.717, 1.165) is 25.5 Å². The molecule has 0 radical (unpaired) electrons. The highest BCUT2D eigenvalue weighted by Crippen LogP contribution is 2.32. The van der Waals surface area contributed by atoms with Crippen molar-refractivity contribution in [2.24, 2.45) is 11.8 Å². The van der Waals surface area contributed by atoms with Gasteiger partial charge in [0.05, 0.1) is 0 Å². The van der Waals surface area contributed by atoms with Crippen molar-refractivity contribution in [1.29, 1.82) is 0 Å². The van der Waals surface area contributed by atoms with E-state index in [4.69, 9.17) is 9.47 Å². The van der Waals surface area contributed by atoms with Crippen LogP contribution in [0.4, 0.5) is 0 Å². The van der Waals surface area contributed by atoms with Crippen LogP contribution in [0.25, 0.3) is 0 Å². The lowest BCUT2D eigenvalue weighted by molar-refractivity contribution is -0.136. The Labute approximate surface area is 73.0 Å². The van der Waals surface area contributed by atoms with Crippen molar-refractivity contribution in [3.8, 4) is 0 Å². The number of ether oxygens (including phenoxy) is 2. The first kappa shape index (κ1) is 9.68. The lowest BCUT2D eigenvalue weighted by Gasteiger charge is -2.19. The normalized spacial score (nSPS) is 29.6. The number of hydrogen-bond acceptors (Lipinski definition) is 3. The molecule has 2 unspecified atom stereocenters. The fourth-order valence-corrected chi connectivity index (χ4v) is 1.90. The van der Waals surface area contributed by atoms with Gasteiger partial charge in [0.1, 0.15) is 6.29 Å². The molecule has 3 nitrogen and oxygen atoms in total. The summed E-state index contributed by atoms with van der Waals surface area (Å²) in [7, 11) is 3.28. The van der Waals surface area contributed by atoms with Gasteiger partial charge in [0.2, 0.25) is 0 Å². The zero-order valence-electron chi connectivity index (χ0n) is 7.66. The summed E-state index contributed by atoms with van der Waals surface area (Å²) in [6.45, 7) is 0. The van der Waals surface area contributed by atoms with Gasteiger partial charge in [-0.1, -0.05) is 0 Å². The molecule has 0 N–H and O–H groups in total. The molecule has 0 aliphatic heterocycles. The van der Waals surface area contributed by atoms with Gasteiger partial charge in [0, 0.05) is 26.1 Å². The van der Waals surface area contributed by atoms with Crippen LogP contribution in [0.15, 0.2) is 0 Å². The first-order chi connectivity index (χ1) is 5.81. The molecule has 0 aromatic heterocycles. The smallest absolute Gasteiger partial charge is 0.159 e. The van der Waals surface area contributed by atoms with Crippen molar-refractivity contribution >= 4 is 6.29 Å². The minimum atomic E-state index is -0.130. The summed E-state index contributed by atoms with van der Waals surface area (Å²) < 4.78 is 10.3. The van der Waals surface area contributed by atoms with Gasteiger partial charge in [0.15, 0.2) is 6.29 Å². The number of carbonyl (C=O) groups excluding carboxylic acids is 1. The van der Waals surface area contributed by atoms with Crippen LogP contribution in [0.2, 0.25) is 0 Å². The Balaban J connectivity index is 2.38. The monoisotopic (exact) mass is 172 g/mol. The van der Waals surface area contributed by atoms with Crippen LogP contribution in [0.3, 0.4) is 0 Å². The lowest BCUT2D eigenvalue weighted by Crippen LogP contribution is -2.22. The lowest BCUT2D eigenvalue weighted by atomic mass is 10.1. The second-order valence-corrected chi connectivity index (χ2v) is 3.31. The topological polar surface area (TPSA) is 35.5 Å². The van der Waals surface area contributed by atoms with Crippen molar-refractivity contribution in [2.45, 2.75) is 25.6 Å². The second-order valence-electron chi connectivity index (χ2n) is 3.31. The first-order valence-corrected chi connectivity index (χ1v) is 4.32. The Hall–Kier alpha value is -0.410. The highest BCUT2D eigenvalue weighted by Gasteiger charge is 2.30. The standard InChI is InChI=1S/C9H16O3/c1-11-9(12-2)8-4-3-7(5-8)6-10/h6-9H,3-5H2,1-2H3. The van der Waals surface area contributed by atoms with Gasteiger partial charge >= 0.3 is 0 Å². The first-order valence-electron chi connectivity index (χ1n) is 4.32. The van der Waals surface area contributed by atoms with Crippen LogP contribution < -0.4 is 0 Å². The Kier molecular flexibility index (Phi) is 3.69. The van der Waals surface area contributed by atoms with Crippen LogP contribution in [0, 0.1) is 11.8 Å². The summed E-state index contributed by atoms with van der Waals surface area (Å²) in [5.41, 5.74) is 0. The van der Waals surface area contributed by atoms with Crippen LogP contribution in [0.1, 0.15) is 19.3 Å². The Bertz CT molecular complexity index is 143. The molecule has 0 spiro atoms. The number of methoxy groups -OCH3 is 2. The summed E-state index contributed by atoms with van der Waals surface area (Å²) in [6, 6.07) is 0. The molecule has 1 aliphatic carbocycles. The molecular weight excluding hydrogens is 156 g/mol. The molecule has 0 aromatic carbocycles. The molecule has 70 valence electrons. The number of carbonyl (C=O) groups is 1. The molecule has 1 fully saturated rings. The quantitative estimate of drug-likeness (QED) is 0.472. The van der Waals surface area contributed by atoms with Gasteiger partial charge in [-0.3, -0.25) is 0 Å². The maximum absolute atomic E-state index is 10.5. The molecule has 0 amide bonds. The maximum Gasteiger partial charge on any atom is 0.159 e. The van der Waals surface area contributed by atoms with Crippen molar-refractivity contribution in [1.82, 2.24) is 0 Å². The largest absolute Gasteiger partial charge is 0.356 e. The number of rotatable bonds is 4. The molecule has 3 heteroatoms. The Morgan fingerprint density at radius 1 is 1.33 bits per heavy atom. The summed E-state index contributed by atoms with van der Waals surface area (Å²) in [4.78, 5) is 10.5. The van der Waals surface area contributed by atoms with Crippen molar-refractivity contribution in [3.63, 3.8) is 0 Å². The van der Waals surface area contributed by atoms with E-state index in [2.05, 4.69) is 0 Å². The number of hydrogen-bond donors (Lipinski definition) is 0. The van der Waals surface area contributed by atoms with Crippen molar-refractivity contribution < 1.29 is 14.3 Å². The van der Waals surface area contributed by atoms with E-state index < -0.39 is 0 Å². The Morgan fingerprint density at radius 3 is 2.42 bits per heavy atom. The highest BCUT2D eigenvalue weighted by atomic mass is 16.7. The fourth-order valence-electron chi connectivity index (χ4n) is 1.90. The van der Waals surface area contributed by atoms with E-state index in [1.807, 2.05) is 0 Å². The predicted octanol–water partition coefficient (Wildman–Crippen LogP) is 1.22. The Morgan fingerprint density at radius 2 is 2.00 bits per heavy atom. The van der Waals surface area contributed by atoms with E-state index in [9.17, 15) is 4.79 Å². The SMILES string of the molecule is COC(OC)C1CCC(C=O)C1. The molecule has 2 atom stereocenters. The molecule has 1 aliphatic rings. The van der Waals surface area contributed by atoms with Gasteiger partial charge < -0.3 is 14.3 Å². The van der Waals surface area contributed by atoms with E-state index >= 15 is 0 Å². The fraction of sp³-hybridized carbons (Fsp3) is 0.889. The summed E-state index contributed by atoms with van der Waals surface area (Å²) in [5.74, 6) is 0.623. The third-order valence-corrected chi connectivity index (χ3v) is 2.56. The van der Waals surface area contributed by atoms with Crippen molar-refractivity contribution in [2.75, 3.05) is 14.2 Å². The average Bonchev–Trinajstić information content (AvgIpc) is 2.55. The molecule has 0 heterocycles. The molecule has 0 aromatic rings. The molecule has 0 bridgehead atoms. The van der Waals surface area contributed by atoms with Gasteiger partial charge in [-0.15, -0.1) is 0 Å². The summed E-state index contributed by atoms with van der Waals surface area (Å²) in [5, 5.41) is 0. The molecule has 1 rings (SSSR count). The van der Waals surface area contributed by atoms with Gasteiger partial charge in [-0.05, 0) is 19.3 Å². The zero-order chi connectivity index (χ0) is 8.97. The van der Waals surface area contributed by atoms with Crippen LogP contribution in [-0.4, -0.2) is 26.8 Å². The summed E-state index contributed by atoms with van der Waals surface area (Å²) in [6.07, 6.45) is 3.85. The van der Waals surface area contributed by atoms with Gasteiger partial charge in [0.25, 0.3) is 0 Å². The minimum absolute atomic E-state index is 0.130. The maximum atomic E-state index is 10.5. The summed E-state index contributed by atoms with van der Waals surface area (Å²) >= 11 is 0. The van der Waals surface area contributed by atoms with Crippen LogP contribution in [0.5, 0.6) is 0 Å².